The van der Waals surface area contributed by atoms with Crippen LogP contribution in [0.5, 0.6) is 0 Å². The molecule has 1 atom stereocenters. The van der Waals surface area contributed by atoms with Crippen molar-refractivity contribution in [1.82, 2.24) is 5.32 Å². The van der Waals surface area contributed by atoms with Crippen molar-refractivity contribution in [2.24, 2.45) is 0 Å². The van der Waals surface area contributed by atoms with Gasteiger partial charge in [-0.25, -0.2) is 4.39 Å². The van der Waals surface area contributed by atoms with Gasteiger partial charge >= 0.3 is 0 Å². The van der Waals surface area contributed by atoms with Gasteiger partial charge in [-0.1, -0.05) is 50.1 Å². The Bertz CT molecular complexity index is 597. The van der Waals surface area contributed by atoms with E-state index in [-0.39, 0.29) is 11.9 Å². The molecule has 19 heavy (non-hydrogen) atoms. The highest BCUT2D eigenvalue weighted by Gasteiger charge is 2.19. The first-order chi connectivity index (χ1) is 9.04. The van der Waals surface area contributed by atoms with E-state index >= 15 is 0 Å². The molecule has 0 heterocycles. The van der Waals surface area contributed by atoms with E-state index in [1.165, 1.54) is 0 Å². The molecule has 0 fully saturated rings. The third-order valence-electron chi connectivity index (χ3n) is 3.09. The molecule has 1 unspecified atom stereocenters. The van der Waals surface area contributed by atoms with Crippen LogP contribution in [0.4, 0.5) is 4.39 Å². The second-order valence-corrected chi connectivity index (χ2v) is 6.14. The average Bonchev–Trinajstić information content (AvgIpc) is 2.39. The lowest BCUT2D eigenvalue weighted by Crippen LogP contribution is -2.19. The van der Waals surface area contributed by atoms with Crippen LogP contribution in [0.1, 0.15) is 22.7 Å². The Hall–Kier alpha value is -0.710. The fraction of sp³-hybridized carbons (Fsp3) is 0.200. The monoisotopic (exact) mass is 385 g/mol. The molecule has 1 nitrogen and oxygen atoms in total. The van der Waals surface area contributed by atoms with Gasteiger partial charge in [0.25, 0.3) is 0 Å². The Morgan fingerprint density at radius 1 is 1.11 bits per heavy atom. The first-order valence-corrected chi connectivity index (χ1v) is 7.50. The van der Waals surface area contributed by atoms with Crippen molar-refractivity contribution in [3.05, 3.63) is 67.9 Å². The van der Waals surface area contributed by atoms with Crippen LogP contribution in [0.15, 0.2) is 45.3 Å². The molecule has 0 aliphatic heterocycles. The molecule has 0 amide bonds. The second kappa shape index (κ2) is 6.16. The number of hydrogen-bond donors (Lipinski definition) is 1. The quantitative estimate of drug-likeness (QED) is 0.785. The highest BCUT2D eigenvalue weighted by molar-refractivity contribution is 9.11. The summed E-state index contributed by atoms with van der Waals surface area (Å²) in [5.41, 5.74) is 2.31. The smallest absolute Gasteiger partial charge is 0.131 e. The molecule has 0 radical (unpaired) electrons. The normalized spacial score (nSPS) is 12.5. The lowest BCUT2D eigenvalue weighted by Gasteiger charge is -2.20. The van der Waals surface area contributed by atoms with Crippen LogP contribution in [0.25, 0.3) is 0 Å². The summed E-state index contributed by atoms with van der Waals surface area (Å²) in [7, 11) is 1.83. The Morgan fingerprint density at radius 3 is 2.53 bits per heavy atom. The first-order valence-electron chi connectivity index (χ1n) is 5.92. The van der Waals surface area contributed by atoms with Crippen LogP contribution in [0.3, 0.4) is 0 Å². The van der Waals surface area contributed by atoms with Crippen molar-refractivity contribution in [2.75, 3.05) is 7.05 Å². The molecule has 0 bridgehead atoms. The summed E-state index contributed by atoms with van der Waals surface area (Å²) in [5, 5.41) is 3.18. The fourth-order valence-corrected chi connectivity index (χ4v) is 2.96. The van der Waals surface area contributed by atoms with Gasteiger partial charge in [-0.2, -0.15) is 0 Å². The van der Waals surface area contributed by atoms with E-state index in [1.54, 1.807) is 13.0 Å². The third-order valence-corrected chi connectivity index (χ3v) is 4.31. The average molecular weight is 387 g/mol. The summed E-state index contributed by atoms with van der Waals surface area (Å²) in [6.07, 6.45) is 0. The van der Waals surface area contributed by atoms with Gasteiger partial charge in [0, 0.05) is 14.5 Å². The van der Waals surface area contributed by atoms with E-state index in [9.17, 15) is 4.39 Å². The van der Waals surface area contributed by atoms with Crippen LogP contribution in [0.2, 0.25) is 0 Å². The fourth-order valence-electron chi connectivity index (χ4n) is 2.11. The van der Waals surface area contributed by atoms with Crippen molar-refractivity contribution in [2.45, 2.75) is 13.0 Å². The highest BCUT2D eigenvalue weighted by Crippen LogP contribution is 2.32. The lowest BCUT2D eigenvalue weighted by molar-refractivity contribution is 0.568. The van der Waals surface area contributed by atoms with Gasteiger partial charge in [-0.05, 0) is 43.3 Å². The summed E-state index contributed by atoms with van der Waals surface area (Å²) < 4.78 is 16.2. The third kappa shape index (κ3) is 3.07. The molecule has 0 aromatic heterocycles. The molecule has 2 aromatic carbocycles. The lowest BCUT2D eigenvalue weighted by atomic mass is 9.97. The maximum absolute atomic E-state index is 14.3. The zero-order valence-electron chi connectivity index (χ0n) is 10.7. The molecule has 2 rings (SSSR count). The highest BCUT2D eigenvalue weighted by atomic mass is 79.9. The van der Waals surface area contributed by atoms with Gasteiger partial charge in [-0.15, -0.1) is 0 Å². The Labute approximate surface area is 129 Å². The Balaban J connectivity index is 2.56. The predicted octanol–water partition coefficient (Wildman–Crippen LogP) is 4.97. The topological polar surface area (TPSA) is 12.0 Å². The molecule has 0 saturated carbocycles. The number of aryl methyl sites for hydroxylation is 1. The maximum atomic E-state index is 14.3. The van der Waals surface area contributed by atoms with Gasteiger partial charge in [0.05, 0.1) is 6.04 Å². The standard InChI is InChI=1S/C15H14Br2FN/c1-9-4-3-5-11(14(9)18)15(19-2)12-8-10(16)6-7-13(12)17/h3-8,15,19H,1-2H3. The molecule has 0 aliphatic rings. The van der Waals surface area contributed by atoms with Crippen LogP contribution in [-0.4, -0.2) is 7.05 Å². The molecule has 100 valence electrons. The molecule has 2 aromatic rings. The Kier molecular flexibility index (Phi) is 4.76. The van der Waals surface area contributed by atoms with Gasteiger partial charge in [0.2, 0.25) is 0 Å². The minimum Gasteiger partial charge on any atom is -0.309 e. The van der Waals surface area contributed by atoms with E-state index in [4.69, 9.17) is 0 Å². The molecular formula is C15H14Br2FN. The minimum atomic E-state index is -0.188. The summed E-state index contributed by atoms with van der Waals surface area (Å²) in [4.78, 5) is 0. The van der Waals surface area contributed by atoms with Crippen molar-refractivity contribution in [3.63, 3.8) is 0 Å². The van der Waals surface area contributed by atoms with Crippen molar-refractivity contribution >= 4 is 31.9 Å². The molecular weight excluding hydrogens is 373 g/mol. The van der Waals surface area contributed by atoms with Gasteiger partial charge in [0.15, 0.2) is 0 Å². The van der Waals surface area contributed by atoms with Gasteiger partial charge in [0.1, 0.15) is 5.82 Å². The summed E-state index contributed by atoms with van der Waals surface area (Å²) in [6.45, 7) is 1.78. The predicted molar refractivity (Wildman–Crippen MR) is 83.9 cm³/mol. The van der Waals surface area contributed by atoms with Crippen molar-refractivity contribution in [3.8, 4) is 0 Å². The van der Waals surface area contributed by atoms with E-state index in [0.717, 1.165) is 14.5 Å². The first kappa shape index (κ1) is 14.7. The summed E-state index contributed by atoms with van der Waals surface area (Å²) in [5.74, 6) is -0.159. The largest absolute Gasteiger partial charge is 0.309 e. The van der Waals surface area contributed by atoms with Crippen molar-refractivity contribution < 1.29 is 4.39 Å². The van der Waals surface area contributed by atoms with E-state index < -0.39 is 0 Å². The van der Waals surface area contributed by atoms with Crippen LogP contribution in [0, 0.1) is 12.7 Å². The van der Waals surface area contributed by atoms with Crippen LogP contribution >= 0.6 is 31.9 Å². The SMILES string of the molecule is CNC(c1cc(Br)ccc1Br)c1cccc(C)c1F. The molecule has 0 spiro atoms. The molecule has 0 aliphatic carbocycles. The number of nitrogens with one attached hydrogen (secondary N) is 1. The zero-order chi connectivity index (χ0) is 14.0. The summed E-state index contributed by atoms with van der Waals surface area (Å²) in [6, 6.07) is 11.2. The van der Waals surface area contributed by atoms with E-state index in [2.05, 4.69) is 37.2 Å². The number of hydrogen-bond acceptors (Lipinski definition) is 1. The van der Waals surface area contributed by atoms with E-state index in [1.807, 2.05) is 37.4 Å². The van der Waals surface area contributed by atoms with E-state index in [0.29, 0.717) is 11.1 Å². The van der Waals surface area contributed by atoms with Gasteiger partial charge in [-0.3, -0.25) is 0 Å². The number of benzene rings is 2. The van der Waals surface area contributed by atoms with Gasteiger partial charge < -0.3 is 5.32 Å². The molecule has 4 heteroatoms. The minimum absolute atomic E-state index is 0.159. The second-order valence-electron chi connectivity index (χ2n) is 4.37. The number of halogens is 3. The zero-order valence-corrected chi connectivity index (χ0v) is 13.8. The van der Waals surface area contributed by atoms with Crippen molar-refractivity contribution in [1.29, 1.82) is 0 Å². The number of rotatable bonds is 3. The van der Waals surface area contributed by atoms with Crippen LogP contribution in [-0.2, 0) is 0 Å². The van der Waals surface area contributed by atoms with Crippen LogP contribution < -0.4 is 5.32 Å². The molecule has 1 N–H and O–H groups in total. The summed E-state index contributed by atoms with van der Waals surface area (Å²) >= 11 is 6.99. The maximum Gasteiger partial charge on any atom is 0.131 e. The Morgan fingerprint density at radius 2 is 1.84 bits per heavy atom. The molecule has 0 saturated heterocycles.